The average molecular weight is 190 g/mol. The van der Waals surface area contributed by atoms with Crippen molar-refractivity contribution < 1.29 is 0 Å². The maximum atomic E-state index is 5.00. The van der Waals surface area contributed by atoms with Gasteiger partial charge in [0.05, 0.1) is 0 Å². The van der Waals surface area contributed by atoms with E-state index in [1.54, 1.807) is 9.80 Å². The molecular weight excluding hydrogens is 184 g/mol. The van der Waals surface area contributed by atoms with Gasteiger partial charge in [0.2, 0.25) is 0 Å². The Morgan fingerprint density at radius 3 is 1.30 bits per heavy atom. The van der Waals surface area contributed by atoms with E-state index in [2.05, 4.69) is 0 Å². The number of hydrogen-bond donors (Lipinski definition) is 0. The molecule has 10 heavy (non-hydrogen) atoms. The highest BCUT2D eigenvalue weighted by Gasteiger charge is 2.28. The van der Waals surface area contributed by atoms with Crippen molar-refractivity contribution in [2.24, 2.45) is 0 Å². The Bertz CT molecular complexity index is 201. The van der Waals surface area contributed by atoms with Gasteiger partial charge >= 0.3 is 0 Å². The smallest absolute Gasteiger partial charge is 0.181 e. The summed E-state index contributed by atoms with van der Waals surface area (Å²) in [6.07, 6.45) is 0. The summed E-state index contributed by atoms with van der Waals surface area (Å²) in [5, 5.41) is 0.676. The van der Waals surface area contributed by atoms with Crippen LogP contribution in [0.5, 0.6) is 0 Å². The first-order valence-electron chi connectivity index (χ1n) is 2.65. The average Bonchev–Trinajstić information content (AvgIpc) is 2.07. The Hall–Kier alpha value is -0.130. The van der Waals surface area contributed by atoms with E-state index in [4.69, 9.17) is 36.7 Å². The minimum atomic E-state index is 0.641. The predicted octanol–water partition coefficient (Wildman–Crippen LogP) is 0.803. The Kier molecular flexibility index (Phi) is 1.98. The molecular formula is C5H6N2S3. The van der Waals surface area contributed by atoms with Crippen molar-refractivity contribution in [3.63, 3.8) is 0 Å². The van der Waals surface area contributed by atoms with Crippen LogP contribution in [0.2, 0.25) is 0 Å². The molecule has 1 heterocycles. The molecule has 1 saturated heterocycles. The molecule has 1 aliphatic rings. The number of rotatable bonds is 0. The Morgan fingerprint density at radius 1 is 0.900 bits per heavy atom. The summed E-state index contributed by atoms with van der Waals surface area (Å²) in [7, 11) is 3.64. The molecule has 0 bridgehead atoms. The highest BCUT2D eigenvalue weighted by atomic mass is 32.1. The molecule has 1 aliphatic heterocycles. The van der Waals surface area contributed by atoms with E-state index in [0.717, 1.165) is 0 Å². The topological polar surface area (TPSA) is 6.48 Å². The third-order valence-corrected chi connectivity index (χ3v) is 2.98. The van der Waals surface area contributed by atoms with Gasteiger partial charge in [-0.15, -0.1) is 0 Å². The largest absolute Gasteiger partial charge is 0.310 e. The van der Waals surface area contributed by atoms with Gasteiger partial charge in [0, 0.05) is 14.1 Å². The van der Waals surface area contributed by atoms with Crippen LogP contribution >= 0.6 is 36.7 Å². The maximum Gasteiger partial charge on any atom is 0.181 e. The van der Waals surface area contributed by atoms with Crippen LogP contribution in [0, 0.1) is 0 Å². The van der Waals surface area contributed by atoms with Crippen molar-refractivity contribution in [1.29, 1.82) is 0 Å². The number of thiocarbonyl (C=S) groups is 3. The van der Waals surface area contributed by atoms with Crippen LogP contribution < -0.4 is 0 Å². The summed E-state index contributed by atoms with van der Waals surface area (Å²) in [4.78, 5) is 4.74. The summed E-state index contributed by atoms with van der Waals surface area (Å²) >= 11 is 14.9. The minimum absolute atomic E-state index is 0.641. The lowest BCUT2D eigenvalue weighted by Gasteiger charge is -2.10. The van der Waals surface area contributed by atoms with Crippen LogP contribution in [0.1, 0.15) is 0 Å². The van der Waals surface area contributed by atoms with Crippen LogP contribution in [-0.2, 0) is 0 Å². The second-order valence-corrected chi connectivity index (χ2v) is 3.15. The van der Waals surface area contributed by atoms with E-state index in [9.17, 15) is 0 Å². The van der Waals surface area contributed by atoms with Crippen LogP contribution in [0.25, 0.3) is 0 Å². The van der Waals surface area contributed by atoms with Crippen molar-refractivity contribution in [3.8, 4) is 0 Å². The van der Waals surface area contributed by atoms with Crippen molar-refractivity contribution >= 4 is 51.7 Å². The molecule has 5 heteroatoms. The third-order valence-electron chi connectivity index (χ3n) is 1.37. The van der Waals surface area contributed by atoms with Crippen LogP contribution in [0.15, 0.2) is 0 Å². The second kappa shape index (κ2) is 2.48. The van der Waals surface area contributed by atoms with Crippen molar-refractivity contribution in [2.45, 2.75) is 0 Å². The van der Waals surface area contributed by atoms with Gasteiger partial charge < -0.3 is 9.80 Å². The molecule has 0 amide bonds. The van der Waals surface area contributed by atoms with Gasteiger partial charge in [-0.2, -0.15) is 0 Å². The van der Waals surface area contributed by atoms with Gasteiger partial charge in [0.15, 0.2) is 5.11 Å². The van der Waals surface area contributed by atoms with E-state index >= 15 is 0 Å². The highest BCUT2D eigenvalue weighted by Crippen LogP contribution is 2.09. The first-order valence-corrected chi connectivity index (χ1v) is 3.88. The molecule has 2 nitrogen and oxygen atoms in total. The monoisotopic (exact) mass is 190 g/mol. The predicted molar refractivity (Wildman–Crippen MR) is 53.3 cm³/mol. The molecule has 0 N–H and O–H groups in total. The molecule has 0 radical (unpaired) electrons. The number of nitrogens with zero attached hydrogens (tertiary/aromatic N) is 2. The van der Waals surface area contributed by atoms with E-state index in [0.29, 0.717) is 15.1 Å². The maximum absolute atomic E-state index is 5.00. The second-order valence-electron chi connectivity index (χ2n) is 2.01. The molecule has 1 fully saturated rings. The van der Waals surface area contributed by atoms with E-state index in [-0.39, 0.29) is 0 Å². The molecule has 0 aromatic rings. The molecule has 1 rings (SSSR count). The van der Waals surface area contributed by atoms with Gasteiger partial charge in [0.1, 0.15) is 9.98 Å². The molecule has 0 saturated carbocycles. The molecule has 54 valence electrons. The fraction of sp³-hybridized carbons (Fsp3) is 0.400. The number of hydrogen-bond acceptors (Lipinski definition) is 3. The van der Waals surface area contributed by atoms with Crippen molar-refractivity contribution in [3.05, 3.63) is 0 Å². The van der Waals surface area contributed by atoms with Gasteiger partial charge in [-0.1, -0.05) is 24.4 Å². The highest BCUT2D eigenvalue weighted by molar-refractivity contribution is 7.90. The molecule has 0 unspecified atom stereocenters. The zero-order valence-corrected chi connectivity index (χ0v) is 8.07. The normalized spacial score (nSPS) is 19.2. The zero-order chi connectivity index (χ0) is 7.89. The lowest BCUT2D eigenvalue weighted by atomic mass is 10.6. The lowest BCUT2D eigenvalue weighted by molar-refractivity contribution is 0.692. The van der Waals surface area contributed by atoms with Gasteiger partial charge in [-0.05, 0) is 12.2 Å². The minimum Gasteiger partial charge on any atom is -0.310 e. The summed E-state index contributed by atoms with van der Waals surface area (Å²) in [5.74, 6) is 0. The van der Waals surface area contributed by atoms with E-state index < -0.39 is 0 Å². The van der Waals surface area contributed by atoms with Gasteiger partial charge in [-0.3, -0.25) is 0 Å². The Balaban J connectivity index is 3.00. The standard InChI is InChI=1S/C5H6N2S3/c1-6-3(8)4(9)7(2)5(6)10/h1-2H3. The fourth-order valence-corrected chi connectivity index (χ4v) is 1.43. The molecule has 0 aromatic heterocycles. The van der Waals surface area contributed by atoms with Gasteiger partial charge in [-0.25, -0.2) is 0 Å². The molecule has 0 aliphatic carbocycles. The van der Waals surface area contributed by atoms with E-state index in [1.165, 1.54) is 0 Å². The zero-order valence-electron chi connectivity index (χ0n) is 5.62. The lowest BCUT2D eigenvalue weighted by Crippen LogP contribution is -2.26. The molecule has 0 spiro atoms. The first-order chi connectivity index (χ1) is 4.55. The quantitative estimate of drug-likeness (QED) is 0.520. The van der Waals surface area contributed by atoms with Crippen LogP contribution in [-0.4, -0.2) is 39.0 Å². The van der Waals surface area contributed by atoms with Crippen LogP contribution in [0.4, 0.5) is 0 Å². The summed E-state index contributed by atoms with van der Waals surface area (Å²) in [5.41, 5.74) is 0. The summed E-state index contributed by atoms with van der Waals surface area (Å²) in [6.45, 7) is 0. The Labute approximate surface area is 75.8 Å². The van der Waals surface area contributed by atoms with Crippen LogP contribution in [0.3, 0.4) is 0 Å². The third kappa shape index (κ3) is 0.941. The Morgan fingerprint density at radius 2 is 1.20 bits per heavy atom. The SMILES string of the molecule is CN1C(=S)C(=S)N(C)C1=S. The summed E-state index contributed by atoms with van der Waals surface area (Å²) < 4.78 is 0. The summed E-state index contributed by atoms with van der Waals surface area (Å²) in [6, 6.07) is 0. The molecule has 0 aromatic carbocycles. The molecule has 0 atom stereocenters. The van der Waals surface area contributed by atoms with Gasteiger partial charge in [0.25, 0.3) is 0 Å². The first kappa shape index (κ1) is 7.97. The fourth-order valence-electron chi connectivity index (χ4n) is 0.686. The van der Waals surface area contributed by atoms with E-state index in [1.807, 2.05) is 14.1 Å². The van der Waals surface area contributed by atoms with Crippen molar-refractivity contribution in [1.82, 2.24) is 9.80 Å². The number of likely N-dealkylation sites (N-methyl/N-ethyl adjacent to an activating group) is 2. The van der Waals surface area contributed by atoms with Crippen molar-refractivity contribution in [2.75, 3.05) is 14.1 Å².